The molecule has 0 aromatic carbocycles. The number of nitrogens with one attached hydrogen (secondary N) is 2. The quantitative estimate of drug-likeness (QED) is 0.216. The summed E-state index contributed by atoms with van der Waals surface area (Å²) >= 11 is 0. The Kier molecular flexibility index (Phi) is 11.2. The van der Waals surface area contributed by atoms with E-state index in [2.05, 4.69) is 54.1 Å². The highest BCUT2D eigenvalue weighted by atomic mass is 127. The monoisotopic (exact) mass is 546 g/mol. The van der Waals surface area contributed by atoms with Gasteiger partial charge in [-0.3, -0.25) is 14.8 Å². The first kappa shape index (κ1) is 26.0. The number of guanidine groups is 1. The predicted octanol–water partition coefficient (Wildman–Crippen LogP) is 0.883. The van der Waals surface area contributed by atoms with Gasteiger partial charge >= 0.3 is 0 Å². The Morgan fingerprint density at radius 2 is 1.74 bits per heavy atom. The summed E-state index contributed by atoms with van der Waals surface area (Å²) in [5, 5.41) is 6.95. The van der Waals surface area contributed by atoms with Crippen LogP contribution < -0.4 is 15.5 Å². The number of aliphatic imine (C=N–C) groups is 1. The van der Waals surface area contributed by atoms with Crippen molar-refractivity contribution in [1.82, 2.24) is 30.4 Å². The highest BCUT2D eigenvalue weighted by molar-refractivity contribution is 14.0. The lowest BCUT2D eigenvalue weighted by Gasteiger charge is -2.41. The number of hydrogen-bond donors (Lipinski definition) is 2. The van der Waals surface area contributed by atoms with Crippen molar-refractivity contribution in [3.8, 4) is 0 Å². The molecule has 2 fully saturated rings. The summed E-state index contributed by atoms with van der Waals surface area (Å²) in [6, 6.07) is 1.86. The second-order valence-corrected chi connectivity index (χ2v) is 8.50. The van der Waals surface area contributed by atoms with E-state index >= 15 is 0 Å². The Morgan fingerprint density at radius 3 is 2.39 bits per heavy atom. The summed E-state index contributed by atoms with van der Waals surface area (Å²) < 4.78 is 5.47. The van der Waals surface area contributed by atoms with E-state index in [9.17, 15) is 0 Å². The first-order valence-corrected chi connectivity index (χ1v) is 11.1. The van der Waals surface area contributed by atoms with Crippen molar-refractivity contribution in [3.63, 3.8) is 0 Å². The van der Waals surface area contributed by atoms with E-state index in [0.717, 1.165) is 90.4 Å². The molecule has 3 heterocycles. The van der Waals surface area contributed by atoms with Crippen LogP contribution in [0.4, 0.5) is 5.95 Å². The zero-order chi connectivity index (χ0) is 21.2. The number of anilines is 1. The smallest absolute Gasteiger partial charge is 0.225 e. The fraction of sp³-hybridized carbons (Fsp3) is 0.762. The number of rotatable bonds is 8. The average molecular weight is 547 g/mol. The molecule has 2 N–H and O–H groups in total. The lowest BCUT2D eigenvalue weighted by molar-refractivity contribution is -0.00833. The Labute approximate surface area is 204 Å². The van der Waals surface area contributed by atoms with E-state index < -0.39 is 0 Å². The van der Waals surface area contributed by atoms with Crippen LogP contribution in [0.25, 0.3) is 0 Å². The summed E-state index contributed by atoms with van der Waals surface area (Å²) in [7, 11) is 1.84. The minimum absolute atomic E-state index is 0. The van der Waals surface area contributed by atoms with Gasteiger partial charge in [0.05, 0.1) is 13.2 Å². The van der Waals surface area contributed by atoms with Gasteiger partial charge in [0.25, 0.3) is 0 Å². The molecule has 0 aliphatic carbocycles. The lowest BCUT2D eigenvalue weighted by atomic mass is 10.0. The van der Waals surface area contributed by atoms with Crippen molar-refractivity contribution in [2.24, 2.45) is 4.99 Å². The lowest BCUT2D eigenvalue weighted by Crippen LogP contribution is -2.56. The third-order valence-electron chi connectivity index (χ3n) is 5.93. The number of halogens is 1. The highest BCUT2D eigenvalue weighted by Crippen LogP contribution is 2.15. The van der Waals surface area contributed by atoms with Crippen molar-refractivity contribution in [2.45, 2.75) is 25.8 Å². The van der Waals surface area contributed by atoms with Gasteiger partial charge < -0.3 is 20.3 Å². The van der Waals surface area contributed by atoms with Crippen LogP contribution in [0.3, 0.4) is 0 Å². The second-order valence-electron chi connectivity index (χ2n) is 8.50. The van der Waals surface area contributed by atoms with Crippen LogP contribution in [0.1, 0.15) is 20.3 Å². The average Bonchev–Trinajstić information content (AvgIpc) is 2.80. The highest BCUT2D eigenvalue weighted by Gasteiger charge is 2.28. The Morgan fingerprint density at radius 1 is 1.06 bits per heavy atom. The van der Waals surface area contributed by atoms with Crippen molar-refractivity contribution < 1.29 is 4.74 Å². The molecule has 2 aliphatic rings. The van der Waals surface area contributed by atoms with Crippen LogP contribution >= 0.6 is 24.0 Å². The van der Waals surface area contributed by atoms with Crippen LogP contribution in [-0.4, -0.2) is 110 Å². The van der Waals surface area contributed by atoms with Gasteiger partial charge in [-0.15, -0.1) is 24.0 Å². The molecule has 10 heteroatoms. The second kappa shape index (κ2) is 13.3. The first-order valence-electron chi connectivity index (χ1n) is 11.1. The van der Waals surface area contributed by atoms with Crippen molar-refractivity contribution in [2.75, 3.05) is 84.1 Å². The predicted molar refractivity (Wildman–Crippen MR) is 137 cm³/mol. The van der Waals surface area contributed by atoms with Crippen LogP contribution in [0.2, 0.25) is 0 Å². The Balaban J connectivity index is 0.00000341. The van der Waals surface area contributed by atoms with E-state index in [1.807, 2.05) is 25.5 Å². The molecule has 1 aromatic heterocycles. The van der Waals surface area contributed by atoms with Gasteiger partial charge in [0.15, 0.2) is 5.96 Å². The van der Waals surface area contributed by atoms with Gasteiger partial charge in [-0.05, 0) is 32.9 Å². The molecule has 0 bridgehead atoms. The van der Waals surface area contributed by atoms with Crippen LogP contribution in [-0.2, 0) is 4.74 Å². The molecule has 0 unspecified atom stereocenters. The zero-order valence-corrected chi connectivity index (χ0v) is 21.5. The van der Waals surface area contributed by atoms with Gasteiger partial charge in [0.1, 0.15) is 0 Å². The molecule has 0 atom stereocenters. The van der Waals surface area contributed by atoms with E-state index in [1.54, 1.807) is 0 Å². The molecule has 0 spiro atoms. The Hall–Kier alpha value is -1.24. The van der Waals surface area contributed by atoms with E-state index in [4.69, 9.17) is 4.74 Å². The van der Waals surface area contributed by atoms with Gasteiger partial charge in [-0.25, -0.2) is 9.97 Å². The summed E-state index contributed by atoms with van der Waals surface area (Å²) in [4.78, 5) is 20.3. The fourth-order valence-electron chi connectivity index (χ4n) is 3.94. The van der Waals surface area contributed by atoms with E-state index in [-0.39, 0.29) is 29.5 Å². The summed E-state index contributed by atoms with van der Waals surface area (Å²) in [5.74, 6) is 1.72. The summed E-state index contributed by atoms with van der Waals surface area (Å²) in [6.45, 7) is 15.1. The Bertz CT molecular complexity index is 646. The maximum Gasteiger partial charge on any atom is 0.225 e. The molecule has 176 valence electrons. The number of hydrogen-bond acceptors (Lipinski definition) is 7. The molecule has 31 heavy (non-hydrogen) atoms. The molecule has 2 aliphatic heterocycles. The standard InChI is InChI=1S/C21H38N8O.HI/c1-21(2,29-14-16-30-17-15-29)18-26-19(22-3)23-8-5-9-27-10-12-28(13-11-27)20-24-6-4-7-25-20;/h4,6-7H,5,8-18H2,1-3H3,(H2,22,23,26);1H. The molecular formula is C21H39IN8O. The zero-order valence-electron chi connectivity index (χ0n) is 19.2. The molecule has 9 nitrogen and oxygen atoms in total. The number of ether oxygens (including phenoxy) is 1. The van der Waals surface area contributed by atoms with Crippen LogP contribution in [0, 0.1) is 0 Å². The largest absolute Gasteiger partial charge is 0.379 e. The van der Waals surface area contributed by atoms with E-state index in [0.29, 0.717) is 0 Å². The minimum atomic E-state index is 0. The molecule has 0 radical (unpaired) electrons. The normalized spacial score (nSPS) is 19.1. The van der Waals surface area contributed by atoms with Gasteiger partial charge in [-0.1, -0.05) is 0 Å². The number of aromatic nitrogens is 2. The first-order chi connectivity index (χ1) is 14.6. The van der Waals surface area contributed by atoms with Crippen molar-refractivity contribution >= 4 is 35.9 Å². The molecular weight excluding hydrogens is 507 g/mol. The topological polar surface area (TPSA) is 81.2 Å². The maximum absolute atomic E-state index is 5.47. The van der Waals surface area contributed by atoms with Crippen molar-refractivity contribution in [3.05, 3.63) is 18.5 Å². The molecule has 2 saturated heterocycles. The molecule has 0 amide bonds. The third kappa shape index (κ3) is 8.32. The molecule has 0 saturated carbocycles. The number of nitrogens with zero attached hydrogens (tertiary/aromatic N) is 6. The summed E-state index contributed by atoms with van der Waals surface area (Å²) in [6.07, 6.45) is 4.71. The third-order valence-corrected chi connectivity index (χ3v) is 5.93. The summed E-state index contributed by atoms with van der Waals surface area (Å²) in [5.41, 5.74) is 0.0730. The SMILES string of the molecule is CN=C(NCCCN1CCN(c2ncccn2)CC1)NCC(C)(C)N1CCOCC1.I. The van der Waals surface area contributed by atoms with Gasteiger partial charge in [-0.2, -0.15) is 0 Å². The molecule has 1 aromatic rings. The number of morpholine rings is 1. The van der Waals surface area contributed by atoms with Crippen LogP contribution in [0.15, 0.2) is 23.5 Å². The maximum atomic E-state index is 5.47. The van der Waals surface area contributed by atoms with Crippen LogP contribution in [0.5, 0.6) is 0 Å². The number of piperazine rings is 1. The van der Waals surface area contributed by atoms with Gasteiger partial charge in [0.2, 0.25) is 5.95 Å². The van der Waals surface area contributed by atoms with Gasteiger partial charge in [0, 0.05) is 77.3 Å². The van der Waals surface area contributed by atoms with Crippen molar-refractivity contribution in [1.29, 1.82) is 0 Å². The fourth-order valence-corrected chi connectivity index (χ4v) is 3.94. The van der Waals surface area contributed by atoms with E-state index in [1.165, 1.54) is 0 Å². The minimum Gasteiger partial charge on any atom is -0.379 e. The molecule has 3 rings (SSSR count).